The highest BCUT2D eigenvalue weighted by Gasteiger charge is 2.22. The first-order valence-electron chi connectivity index (χ1n) is 5.85. The molecule has 1 aliphatic heterocycles. The summed E-state index contributed by atoms with van der Waals surface area (Å²) in [6.07, 6.45) is 4.61. The van der Waals surface area contributed by atoms with Crippen molar-refractivity contribution in [2.45, 2.75) is 31.8 Å². The lowest BCUT2D eigenvalue weighted by atomic mass is 10.0. The van der Waals surface area contributed by atoms with Crippen LogP contribution in [0.5, 0.6) is 0 Å². The van der Waals surface area contributed by atoms with Crippen molar-refractivity contribution in [2.24, 2.45) is 0 Å². The van der Waals surface area contributed by atoms with Crippen LogP contribution in [0.4, 0.5) is 0 Å². The van der Waals surface area contributed by atoms with Crippen molar-refractivity contribution in [3.8, 4) is 0 Å². The first-order chi connectivity index (χ1) is 7.29. The molecule has 1 aliphatic rings. The zero-order valence-corrected chi connectivity index (χ0v) is 9.66. The van der Waals surface area contributed by atoms with E-state index in [1.807, 2.05) is 6.20 Å². The fourth-order valence-electron chi connectivity index (χ4n) is 2.32. The highest BCUT2D eigenvalue weighted by atomic mass is 15.2. The third kappa shape index (κ3) is 2.41. The summed E-state index contributed by atoms with van der Waals surface area (Å²) in [4.78, 5) is 5.77. The molecule has 84 valence electrons. The highest BCUT2D eigenvalue weighted by Crippen LogP contribution is 2.21. The van der Waals surface area contributed by atoms with Crippen molar-refractivity contribution < 1.29 is 0 Å². The molecule has 1 fully saturated rings. The number of hydrogen-bond donors (Lipinski definition) is 2. The van der Waals surface area contributed by atoms with Gasteiger partial charge in [-0.3, -0.25) is 4.90 Å². The number of nitrogens with one attached hydrogen (secondary N) is 2. The number of nitrogens with zero attached hydrogens (tertiary/aromatic N) is 1. The fourth-order valence-corrected chi connectivity index (χ4v) is 2.32. The number of aromatic nitrogens is 1. The highest BCUT2D eigenvalue weighted by molar-refractivity contribution is 5.08. The number of aromatic amines is 1. The minimum Gasteiger partial charge on any atom is -0.364 e. The lowest BCUT2D eigenvalue weighted by Crippen LogP contribution is -2.45. The zero-order valence-electron chi connectivity index (χ0n) is 9.66. The van der Waals surface area contributed by atoms with E-state index < -0.39 is 0 Å². The number of piperidine rings is 1. The molecule has 0 spiro atoms. The van der Waals surface area contributed by atoms with Crippen LogP contribution in [0.2, 0.25) is 0 Å². The Labute approximate surface area is 91.9 Å². The van der Waals surface area contributed by atoms with Crippen LogP contribution in [-0.4, -0.2) is 36.1 Å². The molecule has 1 saturated heterocycles. The van der Waals surface area contributed by atoms with Crippen LogP contribution < -0.4 is 5.32 Å². The molecule has 0 aliphatic carbocycles. The maximum absolute atomic E-state index is 3.46. The molecule has 2 rings (SSSR count). The van der Waals surface area contributed by atoms with Gasteiger partial charge in [0.2, 0.25) is 0 Å². The number of H-pyrrole nitrogens is 1. The van der Waals surface area contributed by atoms with Crippen LogP contribution >= 0.6 is 0 Å². The number of likely N-dealkylation sites (N-methyl/N-ethyl adjacent to an activating group) is 1. The van der Waals surface area contributed by atoms with E-state index in [9.17, 15) is 0 Å². The normalized spacial score (nSPS) is 24.3. The molecule has 0 amide bonds. The van der Waals surface area contributed by atoms with E-state index in [-0.39, 0.29) is 0 Å². The molecule has 2 N–H and O–H groups in total. The lowest BCUT2D eigenvalue weighted by molar-refractivity contribution is 0.154. The monoisotopic (exact) mass is 207 g/mol. The van der Waals surface area contributed by atoms with Crippen LogP contribution in [0.25, 0.3) is 0 Å². The topological polar surface area (TPSA) is 31.1 Å². The number of hydrogen-bond acceptors (Lipinski definition) is 2. The lowest BCUT2D eigenvalue weighted by Gasteiger charge is -2.35. The Hall–Kier alpha value is -0.800. The van der Waals surface area contributed by atoms with E-state index in [0.29, 0.717) is 12.1 Å². The molecule has 1 aromatic heterocycles. The van der Waals surface area contributed by atoms with Crippen molar-refractivity contribution in [1.29, 1.82) is 0 Å². The van der Waals surface area contributed by atoms with Crippen LogP contribution in [-0.2, 0) is 0 Å². The summed E-state index contributed by atoms with van der Waals surface area (Å²) in [6.45, 7) is 4.57. The van der Waals surface area contributed by atoms with Crippen LogP contribution in [0.15, 0.2) is 18.3 Å². The molecule has 15 heavy (non-hydrogen) atoms. The molecule has 0 saturated carbocycles. The summed E-state index contributed by atoms with van der Waals surface area (Å²) in [6, 6.07) is 5.39. The van der Waals surface area contributed by atoms with Crippen LogP contribution in [0.3, 0.4) is 0 Å². The first kappa shape index (κ1) is 10.7. The van der Waals surface area contributed by atoms with Crippen LogP contribution in [0, 0.1) is 0 Å². The summed E-state index contributed by atoms with van der Waals surface area (Å²) in [5.74, 6) is 0. The van der Waals surface area contributed by atoms with Gasteiger partial charge >= 0.3 is 0 Å². The van der Waals surface area contributed by atoms with Crippen molar-refractivity contribution in [3.63, 3.8) is 0 Å². The second-order valence-corrected chi connectivity index (χ2v) is 4.47. The van der Waals surface area contributed by atoms with Gasteiger partial charge in [0.05, 0.1) is 0 Å². The molecule has 0 bridgehead atoms. The minimum absolute atomic E-state index is 0.477. The molecular weight excluding hydrogens is 186 g/mol. The second-order valence-electron chi connectivity index (χ2n) is 4.47. The van der Waals surface area contributed by atoms with Crippen LogP contribution in [0.1, 0.15) is 31.5 Å². The summed E-state index contributed by atoms with van der Waals surface area (Å²) >= 11 is 0. The van der Waals surface area contributed by atoms with E-state index in [4.69, 9.17) is 0 Å². The first-order valence-corrected chi connectivity index (χ1v) is 5.85. The van der Waals surface area contributed by atoms with Gasteiger partial charge in [0, 0.05) is 30.5 Å². The smallest absolute Gasteiger partial charge is 0.0470 e. The summed E-state index contributed by atoms with van der Waals surface area (Å²) in [5.41, 5.74) is 1.31. The van der Waals surface area contributed by atoms with Gasteiger partial charge < -0.3 is 10.3 Å². The SMILES string of the molecule is C[C@@H](c1ccc[nH]1)N(C)[C@H]1CCCNC1. The Morgan fingerprint density at radius 2 is 2.40 bits per heavy atom. The Bertz CT molecular complexity index is 275. The molecule has 2 heterocycles. The van der Waals surface area contributed by atoms with E-state index in [1.165, 1.54) is 25.1 Å². The van der Waals surface area contributed by atoms with Gasteiger partial charge in [-0.15, -0.1) is 0 Å². The molecule has 3 nitrogen and oxygen atoms in total. The van der Waals surface area contributed by atoms with Gasteiger partial charge in [-0.2, -0.15) is 0 Å². The maximum atomic E-state index is 3.46. The van der Waals surface area contributed by atoms with Crippen molar-refractivity contribution in [1.82, 2.24) is 15.2 Å². The summed E-state index contributed by atoms with van der Waals surface area (Å²) in [7, 11) is 2.23. The molecule has 2 atom stereocenters. The van der Waals surface area contributed by atoms with Gasteiger partial charge in [0.15, 0.2) is 0 Å². The molecule has 0 radical (unpaired) electrons. The predicted molar refractivity (Wildman–Crippen MR) is 62.9 cm³/mol. The quantitative estimate of drug-likeness (QED) is 0.791. The maximum Gasteiger partial charge on any atom is 0.0470 e. The summed E-state index contributed by atoms with van der Waals surface area (Å²) in [5, 5.41) is 3.46. The zero-order chi connectivity index (χ0) is 10.7. The average molecular weight is 207 g/mol. The third-order valence-electron chi connectivity index (χ3n) is 3.53. The molecule has 0 aromatic carbocycles. The number of rotatable bonds is 3. The molecule has 3 heteroatoms. The Kier molecular flexibility index (Phi) is 3.44. The Morgan fingerprint density at radius 3 is 3.00 bits per heavy atom. The Morgan fingerprint density at radius 1 is 1.53 bits per heavy atom. The van der Waals surface area contributed by atoms with E-state index in [1.54, 1.807) is 0 Å². The van der Waals surface area contributed by atoms with Gasteiger partial charge in [0.1, 0.15) is 0 Å². The second kappa shape index (κ2) is 4.81. The summed E-state index contributed by atoms with van der Waals surface area (Å²) < 4.78 is 0. The van der Waals surface area contributed by atoms with Gasteiger partial charge in [-0.05, 0) is 45.5 Å². The standard InChI is InChI=1S/C12H21N3/c1-10(12-6-4-8-14-12)15(2)11-5-3-7-13-9-11/h4,6,8,10-11,13-14H,3,5,7,9H2,1-2H3/t10-,11-/m0/s1. The van der Waals surface area contributed by atoms with E-state index >= 15 is 0 Å². The van der Waals surface area contributed by atoms with E-state index in [0.717, 1.165) is 6.54 Å². The van der Waals surface area contributed by atoms with Crippen molar-refractivity contribution >= 4 is 0 Å². The van der Waals surface area contributed by atoms with Gasteiger partial charge in [0.25, 0.3) is 0 Å². The van der Waals surface area contributed by atoms with Gasteiger partial charge in [-0.25, -0.2) is 0 Å². The predicted octanol–water partition coefficient (Wildman–Crippen LogP) is 1.76. The molecular formula is C12H21N3. The van der Waals surface area contributed by atoms with Gasteiger partial charge in [-0.1, -0.05) is 0 Å². The largest absolute Gasteiger partial charge is 0.364 e. The molecule has 1 aromatic rings. The Balaban J connectivity index is 1.97. The average Bonchev–Trinajstić information content (AvgIpc) is 2.82. The van der Waals surface area contributed by atoms with Crippen molar-refractivity contribution in [2.75, 3.05) is 20.1 Å². The fraction of sp³-hybridized carbons (Fsp3) is 0.667. The van der Waals surface area contributed by atoms with E-state index in [2.05, 4.69) is 41.3 Å². The molecule has 0 unspecified atom stereocenters. The third-order valence-corrected chi connectivity index (χ3v) is 3.53. The van der Waals surface area contributed by atoms with Crippen molar-refractivity contribution in [3.05, 3.63) is 24.0 Å². The minimum atomic E-state index is 0.477.